The van der Waals surface area contributed by atoms with Crippen molar-refractivity contribution in [1.82, 2.24) is 5.32 Å². The molecule has 0 saturated heterocycles. The van der Waals surface area contributed by atoms with E-state index in [0.29, 0.717) is 27.0 Å². The van der Waals surface area contributed by atoms with Crippen LogP contribution in [0.25, 0.3) is 0 Å². The van der Waals surface area contributed by atoms with Crippen molar-refractivity contribution in [3.63, 3.8) is 0 Å². The molecule has 1 aliphatic rings. The second kappa shape index (κ2) is 9.80. The minimum atomic E-state index is -0.240. The van der Waals surface area contributed by atoms with Gasteiger partial charge in [-0.25, -0.2) is 0 Å². The summed E-state index contributed by atoms with van der Waals surface area (Å²) in [4.78, 5) is 24.6. The van der Waals surface area contributed by atoms with Crippen LogP contribution in [-0.2, 0) is 4.79 Å². The van der Waals surface area contributed by atoms with Gasteiger partial charge in [-0.3, -0.25) is 9.59 Å². The Balaban J connectivity index is 1.53. The standard InChI is InChI=1S/C21H23Cl2N3O2/c22-15-10-16(23)12-19(11-15)25-20(27)13-24-18-8-4-5-14(9-18)21(28)26-17-6-2-1-3-7-17/h4-5,8-12,17,24H,1-3,6-7,13H2,(H,25,27)(H,26,28). The zero-order valence-corrected chi connectivity index (χ0v) is 16.9. The molecule has 3 rings (SSSR count). The third-order valence-electron chi connectivity index (χ3n) is 4.66. The van der Waals surface area contributed by atoms with E-state index in [9.17, 15) is 9.59 Å². The van der Waals surface area contributed by atoms with E-state index in [-0.39, 0.29) is 24.4 Å². The number of nitrogens with one attached hydrogen (secondary N) is 3. The van der Waals surface area contributed by atoms with E-state index in [1.54, 1.807) is 36.4 Å². The van der Waals surface area contributed by atoms with Crippen molar-refractivity contribution in [3.8, 4) is 0 Å². The molecule has 0 aromatic heterocycles. The normalized spacial score (nSPS) is 14.4. The van der Waals surface area contributed by atoms with Crippen LogP contribution in [0.5, 0.6) is 0 Å². The number of benzene rings is 2. The summed E-state index contributed by atoms with van der Waals surface area (Å²) in [7, 11) is 0. The quantitative estimate of drug-likeness (QED) is 0.609. The molecule has 0 radical (unpaired) electrons. The fourth-order valence-electron chi connectivity index (χ4n) is 3.30. The Labute approximate surface area is 174 Å². The number of hydrogen-bond donors (Lipinski definition) is 3. The summed E-state index contributed by atoms with van der Waals surface area (Å²) in [5.41, 5.74) is 1.82. The van der Waals surface area contributed by atoms with Crippen molar-refractivity contribution in [1.29, 1.82) is 0 Å². The molecule has 2 aromatic rings. The van der Waals surface area contributed by atoms with Gasteiger partial charge in [0.1, 0.15) is 0 Å². The molecule has 5 nitrogen and oxygen atoms in total. The maximum absolute atomic E-state index is 12.5. The lowest BCUT2D eigenvalue weighted by atomic mass is 9.95. The SMILES string of the molecule is O=C(CNc1cccc(C(=O)NC2CCCCC2)c1)Nc1cc(Cl)cc(Cl)c1. The molecule has 2 amide bonds. The molecule has 0 unspecified atom stereocenters. The van der Waals surface area contributed by atoms with Gasteiger partial charge in [-0.15, -0.1) is 0 Å². The first-order valence-electron chi connectivity index (χ1n) is 9.40. The Morgan fingerprint density at radius 2 is 1.64 bits per heavy atom. The average molecular weight is 420 g/mol. The Bertz CT molecular complexity index is 831. The lowest BCUT2D eigenvalue weighted by molar-refractivity contribution is -0.114. The largest absolute Gasteiger partial charge is 0.376 e. The van der Waals surface area contributed by atoms with Crippen LogP contribution in [0.4, 0.5) is 11.4 Å². The molecule has 3 N–H and O–H groups in total. The number of hydrogen-bond acceptors (Lipinski definition) is 3. The van der Waals surface area contributed by atoms with Gasteiger partial charge in [-0.2, -0.15) is 0 Å². The predicted octanol–water partition coefficient (Wildman–Crippen LogP) is 5.11. The second-order valence-corrected chi connectivity index (χ2v) is 7.82. The van der Waals surface area contributed by atoms with Gasteiger partial charge in [0, 0.05) is 33.0 Å². The lowest BCUT2D eigenvalue weighted by Gasteiger charge is -2.22. The molecule has 148 valence electrons. The van der Waals surface area contributed by atoms with E-state index in [1.807, 2.05) is 6.07 Å². The van der Waals surface area contributed by atoms with E-state index in [4.69, 9.17) is 23.2 Å². The molecular formula is C21H23Cl2N3O2. The predicted molar refractivity (Wildman–Crippen MR) is 114 cm³/mol. The van der Waals surface area contributed by atoms with Crippen molar-refractivity contribution in [2.45, 2.75) is 38.1 Å². The molecule has 1 aliphatic carbocycles. The van der Waals surface area contributed by atoms with Crippen molar-refractivity contribution in [3.05, 3.63) is 58.1 Å². The first-order chi connectivity index (χ1) is 13.5. The minimum Gasteiger partial charge on any atom is -0.376 e. The lowest BCUT2D eigenvalue weighted by Crippen LogP contribution is -2.36. The van der Waals surface area contributed by atoms with Gasteiger partial charge in [0.15, 0.2) is 0 Å². The molecule has 1 saturated carbocycles. The van der Waals surface area contributed by atoms with Gasteiger partial charge < -0.3 is 16.0 Å². The summed E-state index contributed by atoms with van der Waals surface area (Å²) in [5.74, 6) is -0.316. The molecule has 2 aromatic carbocycles. The molecular weight excluding hydrogens is 397 g/mol. The van der Waals surface area contributed by atoms with Crippen molar-refractivity contribution >= 4 is 46.4 Å². The topological polar surface area (TPSA) is 70.2 Å². The van der Waals surface area contributed by atoms with Crippen molar-refractivity contribution in [2.24, 2.45) is 0 Å². The van der Waals surface area contributed by atoms with Crippen molar-refractivity contribution < 1.29 is 9.59 Å². The molecule has 0 heterocycles. The maximum Gasteiger partial charge on any atom is 0.251 e. The van der Waals surface area contributed by atoms with E-state index in [0.717, 1.165) is 12.8 Å². The monoisotopic (exact) mass is 419 g/mol. The molecule has 0 aliphatic heterocycles. The van der Waals surface area contributed by atoms with Crippen LogP contribution in [0.1, 0.15) is 42.5 Å². The minimum absolute atomic E-state index is 0.0534. The Morgan fingerprint density at radius 3 is 2.36 bits per heavy atom. The molecule has 28 heavy (non-hydrogen) atoms. The van der Waals surface area contributed by atoms with Gasteiger partial charge in [-0.05, 0) is 49.2 Å². The van der Waals surface area contributed by atoms with Crippen LogP contribution >= 0.6 is 23.2 Å². The summed E-state index contributed by atoms with van der Waals surface area (Å²) in [6, 6.07) is 12.3. The third kappa shape index (κ3) is 6.14. The molecule has 0 spiro atoms. The summed E-state index contributed by atoms with van der Waals surface area (Å²) in [6.45, 7) is 0.0534. The molecule has 0 bridgehead atoms. The number of carbonyl (C=O) groups is 2. The number of anilines is 2. The average Bonchev–Trinajstić information content (AvgIpc) is 2.66. The highest BCUT2D eigenvalue weighted by atomic mass is 35.5. The zero-order chi connectivity index (χ0) is 19.9. The van der Waals surface area contributed by atoms with Crippen LogP contribution in [0.2, 0.25) is 10.0 Å². The van der Waals surface area contributed by atoms with Crippen LogP contribution in [0, 0.1) is 0 Å². The number of carbonyl (C=O) groups excluding carboxylic acids is 2. The van der Waals surface area contributed by atoms with Gasteiger partial charge >= 0.3 is 0 Å². The number of halogens is 2. The maximum atomic E-state index is 12.5. The molecule has 7 heteroatoms. The Hall–Kier alpha value is -2.24. The van der Waals surface area contributed by atoms with Crippen LogP contribution in [-0.4, -0.2) is 24.4 Å². The van der Waals surface area contributed by atoms with E-state index < -0.39 is 0 Å². The van der Waals surface area contributed by atoms with Crippen molar-refractivity contribution in [2.75, 3.05) is 17.2 Å². The first-order valence-corrected chi connectivity index (χ1v) is 10.2. The van der Waals surface area contributed by atoms with Gasteiger partial charge in [0.25, 0.3) is 5.91 Å². The Morgan fingerprint density at radius 1 is 0.929 bits per heavy atom. The summed E-state index contributed by atoms with van der Waals surface area (Å²) in [6.07, 6.45) is 5.66. The van der Waals surface area contributed by atoms with Gasteiger partial charge in [0.2, 0.25) is 5.91 Å². The number of rotatable bonds is 6. The fourth-order valence-corrected chi connectivity index (χ4v) is 3.83. The van der Waals surface area contributed by atoms with E-state index >= 15 is 0 Å². The Kier molecular flexibility index (Phi) is 7.18. The van der Waals surface area contributed by atoms with Gasteiger partial charge in [0.05, 0.1) is 6.54 Å². The van der Waals surface area contributed by atoms with Crippen LogP contribution < -0.4 is 16.0 Å². The first kappa shape index (κ1) is 20.5. The zero-order valence-electron chi connectivity index (χ0n) is 15.4. The highest BCUT2D eigenvalue weighted by molar-refractivity contribution is 6.35. The highest BCUT2D eigenvalue weighted by Crippen LogP contribution is 2.22. The smallest absolute Gasteiger partial charge is 0.251 e. The molecule has 1 fully saturated rings. The summed E-state index contributed by atoms with van der Waals surface area (Å²) < 4.78 is 0. The summed E-state index contributed by atoms with van der Waals surface area (Å²) >= 11 is 11.9. The molecule has 0 atom stereocenters. The van der Waals surface area contributed by atoms with Crippen LogP contribution in [0.3, 0.4) is 0 Å². The van der Waals surface area contributed by atoms with E-state index in [2.05, 4.69) is 16.0 Å². The number of amides is 2. The summed E-state index contributed by atoms with van der Waals surface area (Å²) in [5, 5.41) is 9.77. The third-order valence-corrected chi connectivity index (χ3v) is 5.10. The van der Waals surface area contributed by atoms with Gasteiger partial charge in [-0.1, -0.05) is 48.5 Å². The second-order valence-electron chi connectivity index (χ2n) is 6.95. The fraction of sp³-hybridized carbons (Fsp3) is 0.333. The highest BCUT2D eigenvalue weighted by Gasteiger charge is 2.16. The van der Waals surface area contributed by atoms with E-state index in [1.165, 1.54) is 19.3 Å². The van der Waals surface area contributed by atoms with Crippen LogP contribution in [0.15, 0.2) is 42.5 Å².